The SMILES string of the molecule is CC/C=C\C/C=C\CCCCC(=O)OCC(COC(=O)CCCCCCCCCCCC/C=C\C=C/CCCCC)OC(=O)CCCCCCCCC/C=C\CCCCCCCC. The van der Waals surface area contributed by atoms with Gasteiger partial charge in [0.15, 0.2) is 6.10 Å². The summed E-state index contributed by atoms with van der Waals surface area (Å²) in [6.45, 7) is 6.46. The van der Waals surface area contributed by atoms with Gasteiger partial charge in [-0.25, -0.2) is 0 Å². The smallest absolute Gasteiger partial charge is 0.306 e. The molecular formula is C57H100O6. The van der Waals surface area contributed by atoms with Gasteiger partial charge in [0.2, 0.25) is 0 Å². The third-order valence-corrected chi connectivity index (χ3v) is 11.5. The van der Waals surface area contributed by atoms with Gasteiger partial charge in [-0.05, 0) is 96.3 Å². The van der Waals surface area contributed by atoms with Gasteiger partial charge in [-0.2, -0.15) is 0 Å². The van der Waals surface area contributed by atoms with Crippen molar-refractivity contribution in [2.24, 2.45) is 0 Å². The van der Waals surface area contributed by atoms with Crippen molar-refractivity contribution < 1.29 is 28.6 Å². The number of carbonyl (C=O) groups is 3. The molecule has 0 aromatic carbocycles. The average Bonchev–Trinajstić information content (AvgIpc) is 3.28. The van der Waals surface area contributed by atoms with Crippen molar-refractivity contribution in [1.29, 1.82) is 0 Å². The largest absolute Gasteiger partial charge is 0.462 e. The van der Waals surface area contributed by atoms with E-state index < -0.39 is 6.10 Å². The lowest BCUT2D eigenvalue weighted by atomic mass is 10.1. The first kappa shape index (κ1) is 60.1. The van der Waals surface area contributed by atoms with E-state index >= 15 is 0 Å². The fourth-order valence-electron chi connectivity index (χ4n) is 7.47. The maximum Gasteiger partial charge on any atom is 0.306 e. The Labute approximate surface area is 390 Å². The van der Waals surface area contributed by atoms with Crippen LogP contribution in [0.4, 0.5) is 0 Å². The number of allylic oxidation sites excluding steroid dienone is 10. The van der Waals surface area contributed by atoms with Gasteiger partial charge in [0, 0.05) is 19.3 Å². The monoisotopic (exact) mass is 881 g/mol. The Morgan fingerprint density at radius 1 is 0.349 bits per heavy atom. The quantitative estimate of drug-likeness (QED) is 0.0199. The molecule has 0 saturated heterocycles. The number of hydrogen-bond acceptors (Lipinski definition) is 6. The van der Waals surface area contributed by atoms with E-state index in [0.717, 1.165) is 70.6 Å². The molecule has 0 aliphatic carbocycles. The summed E-state index contributed by atoms with van der Waals surface area (Å²) < 4.78 is 16.8. The number of hydrogen-bond donors (Lipinski definition) is 0. The third-order valence-electron chi connectivity index (χ3n) is 11.5. The zero-order chi connectivity index (χ0) is 45.8. The fourth-order valence-corrected chi connectivity index (χ4v) is 7.47. The molecular weight excluding hydrogens is 781 g/mol. The average molecular weight is 881 g/mol. The lowest BCUT2D eigenvalue weighted by molar-refractivity contribution is -0.167. The van der Waals surface area contributed by atoms with E-state index in [1.54, 1.807) is 0 Å². The van der Waals surface area contributed by atoms with Crippen LogP contribution in [-0.4, -0.2) is 37.2 Å². The molecule has 0 rings (SSSR count). The van der Waals surface area contributed by atoms with Crippen LogP contribution >= 0.6 is 0 Å². The molecule has 6 heteroatoms. The van der Waals surface area contributed by atoms with E-state index in [9.17, 15) is 14.4 Å². The first-order chi connectivity index (χ1) is 31.0. The van der Waals surface area contributed by atoms with E-state index in [0.29, 0.717) is 19.3 Å². The van der Waals surface area contributed by atoms with Crippen LogP contribution in [0.15, 0.2) is 60.8 Å². The second kappa shape index (κ2) is 51.7. The number of carbonyl (C=O) groups excluding carboxylic acids is 3. The zero-order valence-electron chi connectivity index (χ0n) is 41.6. The van der Waals surface area contributed by atoms with Crippen LogP contribution in [-0.2, 0) is 28.6 Å². The summed E-state index contributed by atoms with van der Waals surface area (Å²) in [5.41, 5.74) is 0. The highest BCUT2D eigenvalue weighted by molar-refractivity contribution is 5.71. The van der Waals surface area contributed by atoms with Crippen LogP contribution in [0.1, 0.15) is 265 Å². The second-order valence-corrected chi connectivity index (χ2v) is 17.8. The topological polar surface area (TPSA) is 78.9 Å². The van der Waals surface area contributed by atoms with Gasteiger partial charge in [-0.1, -0.05) is 210 Å². The molecule has 0 N–H and O–H groups in total. The van der Waals surface area contributed by atoms with Gasteiger partial charge in [-0.3, -0.25) is 14.4 Å². The summed E-state index contributed by atoms with van der Waals surface area (Å²) in [4.78, 5) is 37.9. The van der Waals surface area contributed by atoms with Crippen molar-refractivity contribution in [2.45, 2.75) is 271 Å². The normalized spacial score (nSPS) is 12.5. The van der Waals surface area contributed by atoms with Crippen molar-refractivity contribution in [3.8, 4) is 0 Å². The molecule has 0 radical (unpaired) electrons. The lowest BCUT2D eigenvalue weighted by Crippen LogP contribution is -2.30. The first-order valence-electron chi connectivity index (χ1n) is 26.8. The Hall–Kier alpha value is -2.89. The Kier molecular flexibility index (Phi) is 49.4. The van der Waals surface area contributed by atoms with Crippen molar-refractivity contribution in [2.75, 3.05) is 13.2 Å². The van der Waals surface area contributed by atoms with E-state index in [2.05, 4.69) is 81.5 Å². The van der Waals surface area contributed by atoms with Gasteiger partial charge >= 0.3 is 17.9 Å². The molecule has 63 heavy (non-hydrogen) atoms. The maximum atomic E-state index is 12.8. The predicted octanol–water partition coefficient (Wildman–Crippen LogP) is 17.6. The highest BCUT2D eigenvalue weighted by Crippen LogP contribution is 2.15. The fraction of sp³-hybridized carbons (Fsp3) is 0.772. The van der Waals surface area contributed by atoms with Gasteiger partial charge in [0.25, 0.3) is 0 Å². The zero-order valence-corrected chi connectivity index (χ0v) is 41.6. The van der Waals surface area contributed by atoms with Crippen molar-refractivity contribution in [3.63, 3.8) is 0 Å². The summed E-state index contributed by atoms with van der Waals surface area (Å²) in [5.74, 6) is -0.928. The summed E-state index contributed by atoms with van der Waals surface area (Å²) >= 11 is 0. The van der Waals surface area contributed by atoms with E-state index in [1.165, 1.54) is 154 Å². The van der Waals surface area contributed by atoms with Gasteiger partial charge in [0.05, 0.1) is 0 Å². The van der Waals surface area contributed by atoms with Gasteiger partial charge in [-0.15, -0.1) is 0 Å². The summed E-state index contributed by atoms with van der Waals surface area (Å²) in [5, 5.41) is 0. The van der Waals surface area contributed by atoms with Gasteiger partial charge < -0.3 is 14.2 Å². The van der Waals surface area contributed by atoms with E-state index in [1.807, 2.05) is 0 Å². The minimum absolute atomic E-state index is 0.0875. The van der Waals surface area contributed by atoms with Crippen LogP contribution in [0.3, 0.4) is 0 Å². The Balaban J connectivity index is 4.31. The van der Waals surface area contributed by atoms with Crippen LogP contribution in [0.5, 0.6) is 0 Å². The lowest BCUT2D eigenvalue weighted by Gasteiger charge is -2.18. The summed E-state index contributed by atoms with van der Waals surface area (Å²) in [7, 11) is 0. The molecule has 0 amide bonds. The molecule has 0 aliphatic rings. The number of unbranched alkanes of at least 4 members (excludes halogenated alkanes) is 28. The van der Waals surface area contributed by atoms with Crippen LogP contribution in [0.25, 0.3) is 0 Å². The van der Waals surface area contributed by atoms with Crippen LogP contribution in [0, 0.1) is 0 Å². The minimum Gasteiger partial charge on any atom is -0.462 e. The molecule has 0 heterocycles. The van der Waals surface area contributed by atoms with Gasteiger partial charge in [0.1, 0.15) is 13.2 Å². The third kappa shape index (κ3) is 50.0. The molecule has 364 valence electrons. The Bertz CT molecular complexity index is 1150. The molecule has 0 aliphatic heterocycles. The molecule has 0 fully saturated rings. The molecule has 1 atom stereocenters. The van der Waals surface area contributed by atoms with Crippen LogP contribution in [0.2, 0.25) is 0 Å². The maximum absolute atomic E-state index is 12.8. The highest BCUT2D eigenvalue weighted by atomic mass is 16.6. The number of ether oxygens (including phenoxy) is 3. The van der Waals surface area contributed by atoms with E-state index in [-0.39, 0.29) is 31.1 Å². The highest BCUT2D eigenvalue weighted by Gasteiger charge is 2.19. The molecule has 1 unspecified atom stereocenters. The Morgan fingerprint density at radius 2 is 0.667 bits per heavy atom. The molecule has 0 saturated carbocycles. The predicted molar refractivity (Wildman–Crippen MR) is 270 cm³/mol. The van der Waals surface area contributed by atoms with E-state index in [4.69, 9.17) is 14.2 Å². The van der Waals surface area contributed by atoms with Crippen LogP contribution < -0.4 is 0 Å². The summed E-state index contributed by atoms with van der Waals surface area (Å²) in [6, 6.07) is 0. The first-order valence-corrected chi connectivity index (χ1v) is 26.8. The number of rotatable bonds is 48. The van der Waals surface area contributed by atoms with Crippen molar-refractivity contribution in [1.82, 2.24) is 0 Å². The Morgan fingerprint density at radius 3 is 1.13 bits per heavy atom. The molecule has 6 nitrogen and oxygen atoms in total. The second-order valence-electron chi connectivity index (χ2n) is 17.8. The summed E-state index contributed by atoms with van der Waals surface area (Å²) in [6.07, 6.45) is 63.6. The standard InChI is InChI=1S/C57H100O6/c1-4-7-10-13-16-19-21-23-25-27-28-30-31-33-35-38-41-44-47-50-56(59)62-53-54(52-61-55(58)49-46-43-40-37-18-15-12-9-6-3)63-57(60)51-48-45-42-39-36-34-32-29-26-24-22-20-17-14-11-8-5-2/h9,12,16,18-19,21,23-24,26,37,54H,4-8,10-11,13-15,17,20,22,25,27-36,38-53H2,1-3H3/b12-9-,19-16-,23-21-,26-24-,37-18-. The number of esters is 3. The van der Waals surface area contributed by atoms with Crippen molar-refractivity contribution in [3.05, 3.63) is 60.8 Å². The molecule has 0 spiro atoms. The minimum atomic E-state index is -0.789. The van der Waals surface area contributed by atoms with Crippen molar-refractivity contribution >= 4 is 17.9 Å². The molecule has 0 aromatic rings. The molecule has 0 aromatic heterocycles. The molecule has 0 bridgehead atoms.